The fourth-order valence-electron chi connectivity index (χ4n) is 1.69. The highest BCUT2D eigenvalue weighted by atomic mass is 35.5. The minimum absolute atomic E-state index is 0.456. The average Bonchev–Trinajstić information content (AvgIpc) is 2.68. The van der Waals surface area contributed by atoms with E-state index in [0.717, 1.165) is 16.5 Å². The number of hydrogen-bond donors (Lipinski definition) is 3. The van der Waals surface area contributed by atoms with Crippen molar-refractivity contribution in [3.63, 3.8) is 0 Å². The van der Waals surface area contributed by atoms with Crippen molar-refractivity contribution in [2.24, 2.45) is 5.73 Å². The average molecular weight is 270 g/mol. The largest absolute Gasteiger partial charge is 0.361 e. The van der Waals surface area contributed by atoms with Gasteiger partial charge in [-0.15, -0.1) is 0 Å². The molecule has 1 aromatic heterocycles. The summed E-state index contributed by atoms with van der Waals surface area (Å²) in [5, 5.41) is 1.75. The van der Waals surface area contributed by atoms with Crippen LogP contribution in [0.3, 0.4) is 0 Å². The number of thiol groups is 1. The van der Waals surface area contributed by atoms with Gasteiger partial charge < -0.3 is 10.7 Å². The molecule has 0 spiro atoms. The lowest BCUT2D eigenvalue weighted by Gasteiger charge is -2.11. The van der Waals surface area contributed by atoms with Gasteiger partial charge in [-0.1, -0.05) is 24.4 Å². The highest BCUT2D eigenvalue weighted by Gasteiger charge is 2.08. The Morgan fingerprint density at radius 1 is 1.53 bits per heavy atom. The van der Waals surface area contributed by atoms with Gasteiger partial charge in [0.25, 0.3) is 0 Å². The number of rotatable bonds is 3. The summed E-state index contributed by atoms with van der Waals surface area (Å²) in [6.45, 7) is 0.456. The zero-order valence-corrected chi connectivity index (χ0v) is 10.6. The van der Waals surface area contributed by atoms with Gasteiger partial charge in [-0.05, 0) is 30.2 Å². The molecule has 0 bridgehead atoms. The van der Waals surface area contributed by atoms with Gasteiger partial charge in [0, 0.05) is 28.7 Å². The molecule has 3 N–H and O–H groups in total. The molecule has 0 aliphatic heterocycles. The Labute approximate surface area is 109 Å². The van der Waals surface area contributed by atoms with Crippen molar-refractivity contribution in [2.75, 3.05) is 6.54 Å². The predicted octanol–water partition coefficient (Wildman–Crippen LogP) is 2.59. The first-order chi connectivity index (χ1) is 8.08. The van der Waals surface area contributed by atoms with Crippen LogP contribution in [0.1, 0.15) is 5.56 Å². The second kappa shape index (κ2) is 4.89. The lowest BCUT2D eigenvalue weighted by molar-refractivity contribution is 0.235. The standard InChI is InChI=1S/C11H12ClN3OS/c12-8-1-2-10-9(5-8)7(6-14-10)3-4-15(17)11(13)16/h1-2,5-6,14,17H,3-4H2,(H2,13,16). The highest BCUT2D eigenvalue weighted by molar-refractivity contribution is 7.78. The number of urea groups is 1. The molecule has 0 unspecified atom stereocenters. The summed E-state index contributed by atoms with van der Waals surface area (Å²) in [6.07, 6.45) is 2.58. The Hall–Kier alpha value is -1.33. The Morgan fingerprint density at radius 2 is 2.29 bits per heavy atom. The molecule has 0 saturated carbocycles. The van der Waals surface area contributed by atoms with E-state index in [1.165, 1.54) is 4.31 Å². The van der Waals surface area contributed by atoms with Crippen LogP contribution in [0.25, 0.3) is 10.9 Å². The Kier molecular flexibility index (Phi) is 3.49. The van der Waals surface area contributed by atoms with E-state index in [1.54, 1.807) is 0 Å². The van der Waals surface area contributed by atoms with E-state index < -0.39 is 6.03 Å². The van der Waals surface area contributed by atoms with Crippen LogP contribution >= 0.6 is 24.4 Å². The number of aromatic nitrogens is 1. The van der Waals surface area contributed by atoms with Crippen LogP contribution in [0.4, 0.5) is 4.79 Å². The maximum Gasteiger partial charge on any atom is 0.324 e. The summed E-state index contributed by atoms with van der Waals surface area (Å²) >= 11 is 9.92. The van der Waals surface area contributed by atoms with Crippen molar-refractivity contribution < 1.29 is 4.79 Å². The van der Waals surface area contributed by atoms with E-state index in [-0.39, 0.29) is 0 Å². The van der Waals surface area contributed by atoms with Gasteiger partial charge in [0.1, 0.15) is 0 Å². The number of amides is 2. The lowest BCUT2D eigenvalue weighted by Crippen LogP contribution is -2.29. The number of fused-ring (bicyclic) bond motifs is 1. The number of nitrogens with one attached hydrogen (secondary N) is 1. The number of hydrogen-bond acceptors (Lipinski definition) is 2. The molecule has 4 nitrogen and oxygen atoms in total. The second-order valence-electron chi connectivity index (χ2n) is 3.72. The fourth-order valence-corrected chi connectivity index (χ4v) is 1.97. The summed E-state index contributed by atoms with van der Waals surface area (Å²) in [4.78, 5) is 14.0. The van der Waals surface area contributed by atoms with Crippen LogP contribution in [0, 0.1) is 0 Å². The third-order valence-corrected chi connectivity index (χ3v) is 3.21. The first kappa shape index (κ1) is 12.1. The molecule has 6 heteroatoms. The SMILES string of the molecule is NC(=O)N(S)CCc1c[nH]c2ccc(Cl)cc12. The van der Waals surface area contributed by atoms with Gasteiger partial charge in [0.05, 0.1) is 0 Å². The Balaban J connectivity index is 2.19. The molecule has 90 valence electrons. The first-order valence-electron chi connectivity index (χ1n) is 5.09. The van der Waals surface area contributed by atoms with E-state index in [4.69, 9.17) is 17.3 Å². The van der Waals surface area contributed by atoms with Crippen molar-refractivity contribution >= 4 is 41.3 Å². The number of nitrogens with two attached hydrogens (primary N) is 1. The van der Waals surface area contributed by atoms with Gasteiger partial charge in [-0.2, -0.15) is 0 Å². The van der Waals surface area contributed by atoms with Gasteiger partial charge in [-0.3, -0.25) is 4.31 Å². The lowest BCUT2D eigenvalue weighted by atomic mass is 10.1. The van der Waals surface area contributed by atoms with Crippen LogP contribution < -0.4 is 5.73 Å². The summed E-state index contributed by atoms with van der Waals surface area (Å²) < 4.78 is 1.18. The van der Waals surface area contributed by atoms with Crippen molar-refractivity contribution in [1.29, 1.82) is 0 Å². The van der Waals surface area contributed by atoms with E-state index in [9.17, 15) is 4.79 Å². The van der Waals surface area contributed by atoms with Crippen LogP contribution in [-0.2, 0) is 6.42 Å². The number of primary amides is 1. The number of aromatic amines is 1. The second-order valence-corrected chi connectivity index (χ2v) is 4.63. The molecule has 0 radical (unpaired) electrons. The number of carbonyl (C=O) groups excluding carboxylic acids is 1. The predicted molar refractivity (Wildman–Crippen MR) is 72.3 cm³/mol. The molecular formula is C11H12ClN3OS. The molecule has 2 rings (SSSR count). The zero-order chi connectivity index (χ0) is 12.4. The first-order valence-corrected chi connectivity index (χ1v) is 5.87. The summed E-state index contributed by atoms with van der Waals surface area (Å²) in [5.41, 5.74) is 7.20. The molecule has 0 fully saturated rings. The quantitative estimate of drug-likeness (QED) is 0.737. The minimum Gasteiger partial charge on any atom is -0.361 e. The van der Waals surface area contributed by atoms with Gasteiger partial charge in [-0.25, -0.2) is 4.79 Å². The van der Waals surface area contributed by atoms with Crippen LogP contribution in [0.2, 0.25) is 5.02 Å². The van der Waals surface area contributed by atoms with Crippen molar-refractivity contribution in [3.8, 4) is 0 Å². The van der Waals surface area contributed by atoms with Gasteiger partial charge in [0.2, 0.25) is 0 Å². The van der Waals surface area contributed by atoms with Crippen LogP contribution in [-0.4, -0.2) is 21.9 Å². The van der Waals surface area contributed by atoms with Crippen LogP contribution in [0.5, 0.6) is 0 Å². The summed E-state index contributed by atoms with van der Waals surface area (Å²) in [7, 11) is 0. The normalized spacial score (nSPS) is 10.7. The smallest absolute Gasteiger partial charge is 0.324 e. The molecule has 17 heavy (non-hydrogen) atoms. The molecule has 1 aromatic carbocycles. The van der Waals surface area contributed by atoms with Crippen LogP contribution in [0.15, 0.2) is 24.4 Å². The molecule has 0 atom stereocenters. The van der Waals surface area contributed by atoms with E-state index in [2.05, 4.69) is 17.8 Å². The zero-order valence-electron chi connectivity index (χ0n) is 8.98. The van der Waals surface area contributed by atoms with Gasteiger partial charge >= 0.3 is 6.03 Å². The van der Waals surface area contributed by atoms with Crippen molar-refractivity contribution in [2.45, 2.75) is 6.42 Å². The highest BCUT2D eigenvalue weighted by Crippen LogP contribution is 2.22. The summed E-state index contributed by atoms with van der Waals surface area (Å²) in [6, 6.07) is 5.11. The monoisotopic (exact) mass is 269 g/mol. The third-order valence-electron chi connectivity index (χ3n) is 2.58. The maximum atomic E-state index is 10.8. The van der Waals surface area contributed by atoms with E-state index in [0.29, 0.717) is 18.0 Å². The number of benzene rings is 1. The number of nitrogens with zero attached hydrogens (tertiary/aromatic N) is 1. The molecular weight excluding hydrogens is 258 g/mol. The molecule has 1 heterocycles. The molecule has 2 aromatic rings. The fraction of sp³-hybridized carbons (Fsp3) is 0.182. The Morgan fingerprint density at radius 3 is 3.00 bits per heavy atom. The molecule has 2 amide bonds. The van der Waals surface area contributed by atoms with E-state index in [1.807, 2.05) is 24.4 Å². The molecule has 0 saturated heterocycles. The molecule has 0 aliphatic rings. The van der Waals surface area contributed by atoms with Crippen molar-refractivity contribution in [3.05, 3.63) is 35.0 Å². The summed E-state index contributed by atoms with van der Waals surface area (Å²) in [5.74, 6) is 0. The topological polar surface area (TPSA) is 62.1 Å². The van der Waals surface area contributed by atoms with E-state index >= 15 is 0 Å². The minimum atomic E-state index is -0.550. The molecule has 0 aliphatic carbocycles. The third kappa shape index (κ3) is 2.68. The number of halogens is 1. The number of H-pyrrole nitrogens is 1. The maximum absolute atomic E-state index is 10.8. The van der Waals surface area contributed by atoms with Crippen molar-refractivity contribution in [1.82, 2.24) is 9.29 Å². The Bertz CT molecular complexity index is 555. The number of carbonyl (C=O) groups is 1. The van der Waals surface area contributed by atoms with Gasteiger partial charge in [0.15, 0.2) is 0 Å².